The number of hydrogen-bond acceptors (Lipinski definition) is 3. The van der Waals surface area contributed by atoms with E-state index in [1.165, 1.54) is 55.2 Å². The third kappa shape index (κ3) is 5.20. The molecule has 4 saturated carbocycles. The summed E-state index contributed by atoms with van der Waals surface area (Å²) in [6.07, 6.45) is 8.49. The Morgan fingerprint density at radius 3 is 1.56 bits per heavy atom. The predicted octanol–water partition coefficient (Wildman–Crippen LogP) is 11.2. The summed E-state index contributed by atoms with van der Waals surface area (Å²) in [6.45, 7) is 7.35. The molecule has 4 fully saturated rings. The predicted molar refractivity (Wildman–Crippen MR) is 193 cm³/mol. The average Bonchev–Trinajstić information content (AvgIpc) is 3.15. The van der Waals surface area contributed by atoms with E-state index in [4.69, 9.17) is 21.5 Å². The van der Waals surface area contributed by atoms with E-state index < -0.39 is 0 Å². The van der Waals surface area contributed by atoms with Gasteiger partial charge in [-0.1, -0.05) is 121 Å². The van der Waals surface area contributed by atoms with Gasteiger partial charge in [-0.15, -0.1) is 0 Å². The van der Waals surface area contributed by atoms with E-state index in [2.05, 4.69) is 77.6 Å². The SMILES string of the molecule is [C-]#[N+]c1ccc(-c2nc(-c3ccccc3)nc(-c3cccc(-c4ccccc4-c4cccc(C56CC7CC(CC(C7)C5)C6)c4)c3)n2)cc1. The lowest BCUT2D eigenvalue weighted by atomic mass is 9.48. The fourth-order valence-electron chi connectivity index (χ4n) is 9.33. The molecule has 4 aliphatic rings. The summed E-state index contributed by atoms with van der Waals surface area (Å²) in [4.78, 5) is 18.4. The highest BCUT2D eigenvalue weighted by Gasteiger charge is 2.51. The summed E-state index contributed by atoms with van der Waals surface area (Å²) in [5.74, 6) is 4.60. The van der Waals surface area contributed by atoms with Gasteiger partial charge in [-0.25, -0.2) is 19.8 Å². The topological polar surface area (TPSA) is 43.0 Å². The van der Waals surface area contributed by atoms with Gasteiger partial charge in [-0.3, -0.25) is 0 Å². The minimum Gasteiger partial charge on any atom is -0.238 e. The van der Waals surface area contributed by atoms with Gasteiger partial charge < -0.3 is 0 Å². The number of rotatable bonds is 6. The molecule has 0 amide bonds. The van der Waals surface area contributed by atoms with E-state index in [1.54, 1.807) is 5.56 Å². The quantitative estimate of drug-likeness (QED) is 0.174. The first kappa shape index (κ1) is 28.8. The van der Waals surface area contributed by atoms with Crippen LogP contribution in [0.5, 0.6) is 0 Å². The number of aromatic nitrogens is 3. The highest BCUT2D eigenvalue weighted by molar-refractivity contribution is 5.85. The van der Waals surface area contributed by atoms with Crippen molar-refractivity contribution in [2.75, 3.05) is 0 Å². The van der Waals surface area contributed by atoms with Crippen molar-refractivity contribution in [1.82, 2.24) is 15.0 Å². The van der Waals surface area contributed by atoms with Crippen LogP contribution in [0.3, 0.4) is 0 Å². The van der Waals surface area contributed by atoms with E-state index in [0.29, 0.717) is 28.6 Å². The summed E-state index contributed by atoms with van der Waals surface area (Å²) >= 11 is 0. The molecule has 0 unspecified atom stereocenters. The maximum atomic E-state index is 7.35. The van der Waals surface area contributed by atoms with Crippen molar-refractivity contribution < 1.29 is 0 Å². The molecule has 0 radical (unpaired) electrons. The summed E-state index contributed by atoms with van der Waals surface area (Å²) < 4.78 is 0. The Bertz CT molecular complexity index is 2140. The molecule has 0 aliphatic heterocycles. The second kappa shape index (κ2) is 11.7. The Morgan fingerprint density at radius 2 is 0.958 bits per heavy atom. The lowest BCUT2D eigenvalue weighted by Crippen LogP contribution is -2.48. The molecule has 0 saturated heterocycles. The Morgan fingerprint density at radius 1 is 0.479 bits per heavy atom. The van der Waals surface area contributed by atoms with Crippen molar-refractivity contribution in [1.29, 1.82) is 0 Å². The fraction of sp³-hybridized carbons (Fsp3) is 0.227. The van der Waals surface area contributed by atoms with Gasteiger partial charge in [0.2, 0.25) is 0 Å². The molecule has 0 N–H and O–H groups in total. The van der Waals surface area contributed by atoms with Crippen LogP contribution in [0.15, 0.2) is 127 Å². The Labute approximate surface area is 282 Å². The highest BCUT2D eigenvalue weighted by atomic mass is 15.0. The van der Waals surface area contributed by atoms with Crippen molar-refractivity contribution in [3.63, 3.8) is 0 Å². The lowest BCUT2D eigenvalue weighted by Gasteiger charge is -2.57. The molecule has 0 atom stereocenters. The van der Waals surface area contributed by atoms with Gasteiger partial charge in [0.1, 0.15) is 0 Å². The monoisotopic (exact) mass is 620 g/mol. The van der Waals surface area contributed by atoms with Crippen LogP contribution in [0.4, 0.5) is 5.69 Å². The minimum atomic E-state index is 0.364. The molecule has 4 heteroatoms. The molecule has 5 aromatic carbocycles. The van der Waals surface area contributed by atoms with Crippen LogP contribution >= 0.6 is 0 Å². The summed E-state index contributed by atoms with van der Waals surface area (Å²) in [5, 5.41) is 0. The van der Waals surface area contributed by atoms with Crippen LogP contribution in [0, 0.1) is 24.3 Å². The van der Waals surface area contributed by atoms with Gasteiger partial charge in [-0.05, 0) is 95.6 Å². The Hall–Kier alpha value is -5.40. The zero-order chi connectivity index (χ0) is 32.1. The third-order valence-corrected chi connectivity index (χ3v) is 11.1. The molecule has 4 nitrogen and oxygen atoms in total. The first-order valence-electron chi connectivity index (χ1n) is 17.2. The molecule has 1 aromatic heterocycles. The lowest BCUT2D eigenvalue weighted by molar-refractivity contribution is -0.00516. The maximum absolute atomic E-state index is 7.35. The normalized spacial score (nSPS) is 22.4. The number of nitrogens with zero attached hydrogens (tertiary/aromatic N) is 4. The van der Waals surface area contributed by atoms with Crippen LogP contribution in [-0.4, -0.2) is 15.0 Å². The fourth-order valence-corrected chi connectivity index (χ4v) is 9.33. The molecule has 0 spiro atoms. The molecule has 232 valence electrons. The van der Waals surface area contributed by atoms with Crippen LogP contribution in [-0.2, 0) is 5.41 Å². The van der Waals surface area contributed by atoms with Gasteiger partial charge in [-0.2, -0.15) is 0 Å². The minimum absolute atomic E-state index is 0.364. The van der Waals surface area contributed by atoms with Gasteiger partial charge in [0.05, 0.1) is 6.57 Å². The highest BCUT2D eigenvalue weighted by Crippen LogP contribution is 2.61. The van der Waals surface area contributed by atoms with Crippen molar-refractivity contribution in [2.24, 2.45) is 17.8 Å². The second-order valence-corrected chi connectivity index (χ2v) is 14.2. The van der Waals surface area contributed by atoms with Crippen LogP contribution < -0.4 is 0 Å². The van der Waals surface area contributed by atoms with Crippen molar-refractivity contribution in [3.05, 3.63) is 144 Å². The zero-order valence-electron chi connectivity index (χ0n) is 26.9. The van der Waals surface area contributed by atoms with Crippen molar-refractivity contribution in [2.45, 2.75) is 43.9 Å². The number of hydrogen-bond donors (Lipinski definition) is 0. The van der Waals surface area contributed by atoms with Gasteiger partial charge in [0, 0.05) is 16.7 Å². The molecule has 10 rings (SSSR count). The van der Waals surface area contributed by atoms with Gasteiger partial charge >= 0.3 is 0 Å². The molecule has 1 heterocycles. The molecule has 48 heavy (non-hydrogen) atoms. The summed E-state index contributed by atoms with van der Waals surface area (Å²) in [7, 11) is 0. The van der Waals surface area contributed by atoms with Gasteiger partial charge in [0.25, 0.3) is 0 Å². The molecular weight excluding hydrogens is 585 g/mol. The largest absolute Gasteiger partial charge is 0.238 e. The van der Waals surface area contributed by atoms with Gasteiger partial charge in [0.15, 0.2) is 23.2 Å². The van der Waals surface area contributed by atoms with E-state index >= 15 is 0 Å². The Balaban J connectivity index is 1.11. The zero-order valence-corrected chi connectivity index (χ0v) is 26.9. The molecule has 4 aliphatic carbocycles. The summed E-state index contributed by atoms with van der Waals surface area (Å²) in [6, 6.07) is 44.3. The molecular formula is C44H36N4. The van der Waals surface area contributed by atoms with E-state index in [-0.39, 0.29) is 0 Å². The smallest absolute Gasteiger partial charge is 0.187 e. The first-order chi connectivity index (χ1) is 23.6. The standard InChI is InChI=1S/C44H36N4/c1-45-38-19-17-33(18-20-38)42-46-41(32-9-3-2-4-10-32)47-43(48-42)36-13-7-11-34(24-36)39-15-5-6-16-40(39)35-12-8-14-37(25-35)44-26-29-21-30(27-44)23-31(22-29)28-44/h2-20,24-25,29-31H,21-23,26-28H2. The maximum Gasteiger partial charge on any atom is 0.187 e. The van der Waals surface area contributed by atoms with E-state index in [9.17, 15) is 0 Å². The molecule has 6 aromatic rings. The Kier molecular flexibility index (Phi) is 7.01. The summed E-state index contributed by atoms with van der Waals surface area (Å²) in [5.41, 5.74) is 10.1. The van der Waals surface area contributed by atoms with E-state index in [1.807, 2.05) is 54.6 Å². The second-order valence-electron chi connectivity index (χ2n) is 14.2. The third-order valence-electron chi connectivity index (χ3n) is 11.1. The van der Waals surface area contributed by atoms with Crippen LogP contribution in [0.25, 0.3) is 61.3 Å². The molecule has 4 bridgehead atoms. The van der Waals surface area contributed by atoms with E-state index in [0.717, 1.165) is 40.0 Å². The average molecular weight is 621 g/mol. The number of benzene rings is 5. The van der Waals surface area contributed by atoms with Crippen LogP contribution in [0.1, 0.15) is 44.1 Å². The first-order valence-corrected chi connectivity index (χ1v) is 17.2. The van der Waals surface area contributed by atoms with Crippen molar-refractivity contribution >= 4 is 5.69 Å². The van der Waals surface area contributed by atoms with Crippen molar-refractivity contribution in [3.8, 4) is 56.4 Å². The van der Waals surface area contributed by atoms with Crippen LogP contribution in [0.2, 0.25) is 0 Å².